The van der Waals surface area contributed by atoms with Gasteiger partial charge in [-0.2, -0.15) is 0 Å². The van der Waals surface area contributed by atoms with E-state index in [2.05, 4.69) is 55.1 Å². The monoisotopic (exact) mass is 504 g/mol. The first-order valence-corrected chi connectivity index (χ1v) is 10.1. The van der Waals surface area contributed by atoms with E-state index in [0.717, 1.165) is 51.1 Å². The highest BCUT2D eigenvalue weighted by molar-refractivity contribution is 14.0. The number of benzene rings is 1. The number of nitrogens with one attached hydrogen (secondary N) is 1. The van der Waals surface area contributed by atoms with Crippen LogP contribution in [0.2, 0.25) is 0 Å². The zero-order chi connectivity index (χ0) is 19.6. The SMILES string of the molecule is CCNC(=NCC(C)N1CCOCC1C)N(C)Cc1ccc(OCC)cc1.I. The molecule has 0 saturated carbocycles. The van der Waals surface area contributed by atoms with Gasteiger partial charge >= 0.3 is 0 Å². The van der Waals surface area contributed by atoms with E-state index in [1.807, 2.05) is 19.1 Å². The molecule has 0 aromatic heterocycles. The molecule has 1 aromatic carbocycles. The highest BCUT2D eigenvalue weighted by Crippen LogP contribution is 2.14. The van der Waals surface area contributed by atoms with Crippen LogP contribution in [0.1, 0.15) is 33.3 Å². The Morgan fingerprint density at radius 2 is 2.07 bits per heavy atom. The van der Waals surface area contributed by atoms with Gasteiger partial charge < -0.3 is 19.7 Å². The molecule has 1 fully saturated rings. The molecule has 2 rings (SSSR count). The first kappa shape index (κ1) is 25.0. The molecule has 6 nitrogen and oxygen atoms in total. The lowest BCUT2D eigenvalue weighted by Gasteiger charge is -2.37. The van der Waals surface area contributed by atoms with Gasteiger partial charge in [0.15, 0.2) is 5.96 Å². The molecule has 0 amide bonds. The summed E-state index contributed by atoms with van der Waals surface area (Å²) in [5, 5.41) is 3.41. The number of hydrogen-bond donors (Lipinski definition) is 1. The average molecular weight is 504 g/mol. The molecule has 1 N–H and O–H groups in total. The lowest BCUT2D eigenvalue weighted by atomic mass is 10.2. The summed E-state index contributed by atoms with van der Waals surface area (Å²) in [6, 6.07) is 9.13. The summed E-state index contributed by atoms with van der Waals surface area (Å²) in [6.07, 6.45) is 0. The third-order valence-corrected chi connectivity index (χ3v) is 4.84. The van der Waals surface area contributed by atoms with Gasteiger partial charge in [0, 0.05) is 38.8 Å². The van der Waals surface area contributed by atoms with E-state index in [1.165, 1.54) is 5.56 Å². The molecule has 2 unspecified atom stereocenters. The maximum absolute atomic E-state index is 5.55. The lowest BCUT2D eigenvalue weighted by Crippen LogP contribution is -2.49. The van der Waals surface area contributed by atoms with Crippen LogP contribution in [0.4, 0.5) is 0 Å². The van der Waals surface area contributed by atoms with Crippen LogP contribution in [0.5, 0.6) is 5.75 Å². The van der Waals surface area contributed by atoms with Crippen LogP contribution in [0.15, 0.2) is 29.3 Å². The largest absolute Gasteiger partial charge is 0.494 e. The van der Waals surface area contributed by atoms with Crippen LogP contribution in [0, 0.1) is 0 Å². The summed E-state index contributed by atoms with van der Waals surface area (Å²) in [6.45, 7) is 14.3. The number of hydrogen-bond acceptors (Lipinski definition) is 4. The second kappa shape index (κ2) is 13.2. The van der Waals surface area contributed by atoms with Gasteiger partial charge in [-0.3, -0.25) is 9.89 Å². The Morgan fingerprint density at radius 1 is 1.36 bits per heavy atom. The molecule has 1 aliphatic heterocycles. The van der Waals surface area contributed by atoms with Crippen molar-refractivity contribution in [2.45, 2.75) is 46.3 Å². The number of halogens is 1. The van der Waals surface area contributed by atoms with Crippen LogP contribution in [0.3, 0.4) is 0 Å². The molecule has 28 heavy (non-hydrogen) atoms. The normalized spacial score (nSPS) is 18.9. The van der Waals surface area contributed by atoms with Crippen molar-refractivity contribution < 1.29 is 9.47 Å². The molecule has 0 spiro atoms. The van der Waals surface area contributed by atoms with Crippen molar-refractivity contribution in [3.05, 3.63) is 29.8 Å². The van der Waals surface area contributed by atoms with Crippen LogP contribution in [-0.2, 0) is 11.3 Å². The fourth-order valence-electron chi connectivity index (χ4n) is 3.39. The first-order valence-electron chi connectivity index (χ1n) is 10.1. The van der Waals surface area contributed by atoms with E-state index < -0.39 is 0 Å². The highest BCUT2D eigenvalue weighted by Gasteiger charge is 2.23. The number of rotatable bonds is 8. The molecule has 2 atom stereocenters. The van der Waals surface area contributed by atoms with Gasteiger partial charge in [-0.15, -0.1) is 24.0 Å². The summed E-state index contributed by atoms with van der Waals surface area (Å²) in [5.41, 5.74) is 1.24. The predicted molar refractivity (Wildman–Crippen MR) is 127 cm³/mol. The van der Waals surface area contributed by atoms with Crippen LogP contribution < -0.4 is 10.1 Å². The van der Waals surface area contributed by atoms with E-state index in [1.54, 1.807) is 0 Å². The minimum atomic E-state index is 0. The Hall–Kier alpha value is -1.06. The maximum Gasteiger partial charge on any atom is 0.194 e. The van der Waals surface area contributed by atoms with Crippen molar-refractivity contribution in [2.75, 3.05) is 46.5 Å². The van der Waals surface area contributed by atoms with Gasteiger partial charge in [0.1, 0.15) is 5.75 Å². The molecular formula is C21H37IN4O2. The minimum Gasteiger partial charge on any atom is -0.494 e. The fraction of sp³-hybridized carbons (Fsp3) is 0.667. The maximum atomic E-state index is 5.55. The molecule has 1 aromatic rings. The quantitative estimate of drug-likeness (QED) is 0.335. The zero-order valence-electron chi connectivity index (χ0n) is 18.0. The van der Waals surface area contributed by atoms with Crippen molar-refractivity contribution in [2.24, 2.45) is 4.99 Å². The van der Waals surface area contributed by atoms with Gasteiger partial charge in [-0.25, -0.2) is 0 Å². The van der Waals surface area contributed by atoms with Crippen molar-refractivity contribution in [3.8, 4) is 5.75 Å². The van der Waals surface area contributed by atoms with Crippen molar-refractivity contribution in [1.29, 1.82) is 0 Å². The first-order chi connectivity index (χ1) is 13.0. The molecule has 0 bridgehead atoms. The van der Waals surface area contributed by atoms with Gasteiger partial charge in [0.25, 0.3) is 0 Å². The number of ether oxygens (including phenoxy) is 2. The van der Waals surface area contributed by atoms with E-state index >= 15 is 0 Å². The molecule has 160 valence electrons. The Labute approximate surface area is 187 Å². The van der Waals surface area contributed by atoms with Crippen LogP contribution in [0.25, 0.3) is 0 Å². The summed E-state index contributed by atoms with van der Waals surface area (Å²) in [4.78, 5) is 9.55. The van der Waals surface area contributed by atoms with Crippen LogP contribution in [-0.4, -0.2) is 74.3 Å². The molecule has 7 heteroatoms. The zero-order valence-corrected chi connectivity index (χ0v) is 20.3. The Bertz CT molecular complexity index is 582. The van der Waals surface area contributed by atoms with Crippen molar-refractivity contribution in [1.82, 2.24) is 15.1 Å². The van der Waals surface area contributed by atoms with E-state index in [9.17, 15) is 0 Å². The Kier molecular flexibility index (Phi) is 11.8. The average Bonchev–Trinajstić information content (AvgIpc) is 2.67. The van der Waals surface area contributed by atoms with Crippen molar-refractivity contribution >= 4 is 29.9 Å². The predicted octanol–water partition coefficient (Wildman–Crippen LogP) is 3.21. The summed E-state index contributed by atoms with van der Waals surface area (Å²) < 4.78 is 11.1. The topological polar surface area (TPSA) is 49.3 Å². The van der Waals surface area contributed by atoms with E-state index in [4.69, 9.17) is 14.5 Å². The third-order valence-electron chi connectivity index (χ3n) is 4.84. The molecule has 1 heterocycles. The number of nitrogens with zero attached hydrogens (tertiary/aromatic N) is 3. The molecule has 1 aliphatic rings. The molecular weight excluding hydrogens is 467 g/mol. The second-order valence-electron chi connectivity index (χ2n) is 7.14. The fourth-order valence-corrected chi connectivity index (χ4v) is 3.39. The molecule has 0 radical (unpaired) electrons. The smallest absolute Gasteiger partial charge is 0.194 e. The van der Waals surface area contributed by atoms with Gasteiger partial charge in [0.05, 0.1) is 26.4 Å². The molecule has 1 saturated heterocycles. The standard InChI is InChI=1S/C21H36N4O2.HI/c1-6-22-21(23-14-17(3)25-12-13-26-16-18(25)4)24(5)15-19-8-10-20(11-9-19)27-7-2;/h8-11,17-18H,6-7,12-16H2,1-5H3,(H,22,23);1H. The Morgan fingerprint density at radius 3 is 2.68 bits per heavy atom. The Balaban J connectivity index is 0.00000392. The summed E-state index contributed by atoms with van der Waals surface area (Å²) in [5.74, 6) is 1.86. The minimum absolute atomic E-state index is 0. The number of aliphatic imine (C=N–C) groups is 1. The third kappa shape index (κ3) is 7.75. The molecule has 0 aliphatic carbocycles. The number of morpholine rings is 1. The van der Waals surface area contributed by atoms with Crippen molar-refractivity contribution in [3.63, 3.8) is 0 Å². The van der Waals surface area contributed by atoms with E-state index in [-0.39, 0.29) is 24.0 Å². The highest BCUT2D eigenvalue weighted by atomic mass is 127. The van der Waals surface area contributed by atoms with E-state index in [0.29, 0.717) is 18.7 Å². The van der Waals surface area contributed by atoms with Crippen LogP contribution >= 0.6 is 24.0 Å². The summed E-state index contributed by atoms with van der Waals surface area (Å²) >= 11 is 0. The van der Waals surface area contributed by atoms with Gasteiger partial charge in [0.2, 0.25) is 0 Å². The van der Waals surface area contributed by atoms with Gasteiger partial charge in [-0.05, 0) is 45.4 Å². The lowest BCUT2D eigenvalue weighted by molar-refractivity contribution is -0.0166. The second-order valence-corrected chi connectivity index (χ2v) is 7.14. The summed E-state index contributed by atoms with van der Waals surface area (Å²) in [7, 11) is 2.08. The number of guanidine groups is 1. The van der Waals surface area contributed by atoms with Gasteiger partial charge in [-0.1, -0.05) is 12.1 Å².